The summed E-state index contributed by atoms with van der Waals surface area (Å²) >= 11 is 0. The molecule has 1 heterocycles. The van der Waals surface area contributed by atoms with Crippen LogP contribution in [0, 0.1) is 0 Å². The smallest absolute Gasteiger partial charge is 0.326 e. The summed E-state index contributed by atoms with van der Waals surface area (Å²) in [5.74, 6) is 0.742. The highest BCUT2D eigenvalue weighted by atomic mass is 16.6. The van der Waals surface area contributed by atoms with Crippen molar-refractivity contribution in [1.82, 2.24) is 5.32 Å². The summed E-state index contributed by atoms with van der Waals surface area (Å²) < 4.78 is 10.8. The van der Waals surface area contributed by atoms with Crippen LogP contribution in [0.1, 0.15) is 10.4 Å². The molecule has 0 saturated heterocycles. The summed E-state index contributed by atoms with van der Waals surface area (Å²) in [4.78, 5) is 23.7. The molecule has 22 heavy (non-hydrogen) atoms. The number of urea groups is 1. The van der Waals surface area contributed by atoms with Crippen molar-refractivity contribution in [2.75, 3.05) is 18.5 Å². The van der Waals surface area contributed by atoms with E-state index in [1.54, 1.807) is 48.5 Å². The second-order valence-corrected chi connectivity index (χ2v) is 4.63. The van der Waals surface area contributed by atoms with Gasteiger partial charge in [0, 0.05) is 17.3 Å². The number of carbonyl (C=O) groups excluding carboxylic acids is 2. The summed E-state index contributed by atoms with van der Waals surface area (Å²) in [6, 6.07) is 13.0. The van der Waals surface area contributed by atoms with Crippen LogP contribution in [0.4, 0.5) is 10.5 Å². The summed E-state index contributed by atoms with van der Waals surface area (Å²) in [6.07, 6.45) is 0. The van der Waals surface area contributed by atoms with Gasteiger partial charge in [-0.1, -0.05) is 18.2 Å². The zero-order valence-corrected chi connectivity index (χ0v) is 11.7. The van der Waals surface area contributed by atoms with E-state index in [0.29, 0.717) is 36.0 Å². The topological polar surface area (TPSA) is 76.7 Å². The minimum atomic E-state index is -0.606. The van der Waals surface area contributed by atoms with E-state index < -0.39 is 11.9 Å². The molecule has 0 aromatic heterocycles. The number of ether oxygens (including phenoxy) is 2. The van der Waals surface area contributed by atoms with E-state index in [1.807, 2.05) is 0 Å². The third-order valence-electron chi connectivity index (χ3n) is 3.06. The van der Waals surface area contributed by atoms with Gasteiger partial charge in [-0.15, -0.1) is 0 Å². The molecule has 2 N–H and O–H groups in total. The van der Waals surface area contributed by atoms with Crippen LogP contribution < -0.4 is 20.1 Å². The number of rotatable bonds is 2. The van der Waals surface area contributed by atoms with E-state index in [2.05, 4.69) is 10.6 Å². The molecule has 6 nitrogen and oxygen atoms in total. The first kappa shape index (κ1) is 13.9. The molecular formula is C16H14N2O4. The number of nitrogens with one attached hydrogen (secondary N) is 2. The Labute approximate surface area is 127 Å². The fourth-order valence-electron chi connectivity index (χ4n) is 2.05. The quantitative estimate of drug-likeness (QED) is 0.892. The summed E-state index contributed by atoms with van der Waals surface area (Å²) in [7, 11) is 0. The molecule has 2 aromatic carbocycles. The molecular weight excluding hydrogens is 284 g/mol. The molecule has 3 rings (SSSR count). The Bertz CT molecular complexity index is 701. The van der Waals surface area contributed by atoms with Crippen LogP contribution in [0.25, 0.3) is 0 Å². The number of imide groups is 1. The molecule has 0 bridgehead atoms. The van der Waals surface area contributed by atoms with Gasteiger partial charge in [0.05, 0.1) is 0 Å². The Kier molecular flexibility index (Phi) is 3.91. The molecule has 1 aliphatic rings. The fraction of sp³-hybridized carbons (Fsp3) is 0.125. The van der Waals surface area contributed by atoms with E-state index in [-0.39, 0.29) is 0 Å². The molecule has 0 radical (unpaired) electrons. The van der Waals surface area contributed by atoms with Gasteiger partial charge in [0.25, 0.3) is 5.91 Å². The number of carbonyl (C=O) groups is 2. The van der Waals surface area contributed by atoms with Crippen molar-refractivity contribution in [2.24, 2.45) is 0 Å². The van der Waals surface area contributed by atoms with E-state index in [9.17, 15) is 9.59 Å². The molecule has 6 heteroatoms. The second-order valence-electron chi connectivity index (χ2n) is 4.63. The lowest BCUT2D eigenvalue weighted by atomic mass is 10.2. The standard InChI is InChI=1S/C16H14N2O4/c19-15(11-4-2-1-3-5-11)18-16(20)17-12-6-7-13-14(10-12)22-9-8-21-13/h1-7,10H,8-9H2,(H2,17,18,19,20). The first-order chi connectivity index (χ1) is 10.7. The Morgan fingerprint density at radius 2 is 1.64 bits per heavy atom. The van der Waals surface area contributed by atoms with E-state index in [0.717, 1.165) is 0 Å². The minimum Gasteiger partial charge on any atom is -0.486 e. The van der Waals surface area contributed by atoms with Gasteiger partial charge < -0.3 is 14.8 Å². The van der Waals surface area contributed by atoms with Crippen LogP contribution in [0.15, 0.2) is 48.5 Å². The number of hydrogen-bond acceptors (Lipinski definition) is 4. The van der Waals surface area contributed by atoms with Crippen molar-refractivity contribution >= 4 is 17.6 Å². The van der Waals surface area contributed by atoms with Crippen molar-refractivity contribution in [3.05, 3.63) is 54.1 Å². The van der Waals surface area contributed by atoms with Gasteiger partial charge in [0.2, 0.25) is 0 Å². The maximum atomic E-state index is 11.9. The zero-order valence-electron chi connectivity index (χ0n) is 11.7. The number of benzene rings is 2. The lowest BCUT2D eigenvalue weighted by Crippen LogP contribution is -2.34. The Balaban J connectivity index is 1.63. The molecule has 0 fully saturated rings. The van der Waals surface area contributed by atoms with Crippen molar-refractivity contribution in [2.45, 2.75) is 0 Å². The van der Waals surface area contributed by atoms with Gasteiger partial charge in [0.1, 0.15) is 13.2 Å². The molecule has 0 spiro atoms. The monoisotopic (exact) mass is 298 g/mol. The van der Waals surface area contributed by atoms with Crippen LogP contribution in [0.3, 0.4) is 0 Å². The summed E-state index contributed by atoms with van der Waals surface area (Å²) in [5.41, 5.74) is 0.933. The van der Waals surface area contributed by atoms with Crippen LogP contribution in [-0.4, -0.2) is 25.2 Å². The van der Waals surface area contributed by atoms with Gasteiger partial charge in [-0.25, -0.2) is 4.79 Å². The number of amides is 3. The summed E-state index contributed by atoms with van der Waals surface area (Å²) in [5, 5.41) is 4.85. The highest BCUT2D eigenvalue weighted by molar-refractivity contribution is 6.07. The first-order valence-electron chi connectivity index (χ1n) is 6.79. The van der Waals surface area contributed by atoms with Gasteiger partial charge in [-0.2, -0.15) is 0 Å². The molecule has 0 unspecified atom stereocenters. The normalized spacial score (nSPS) is 12.4. The first-order valence-corrected chi connectivity index (χ1v) is 6.79. The van der Waals surface area contributed by atoms with Crippen molar-refractivity contribution in [3.8, 4) is 11.5 Å². The highest BCUT2D eigenvalue weighted by Gasteiger charge is 2.14. The lowest BCUT2D eigenvalue weighted by molar-refractivity contribution is 0.0967. The molecule has 0 saturated carbocycles. The van der Waals surface area contributed by atoms with Gasteiger partial charge in [-0.3, -0.25) is 10.1 Å². The summed E-state index contributed by atoms with van der Waals surface area (Å²) in [6.45, 7) is 0.973. The fourth-order valence-corrected chi connectivity index (χ4v) is 2.05. The van der Waals surface area contributed by atoms with E-state index >= 15 is 0 Å². The molecule has 2 aromatic rings. The second kappa shape index (κ2) is 6.17. The lowest BCUT2D eigenvalue weighted by Gasteiger charge is -2.19. The Morgan fingerprint density at radius 3 is 2.41 bits per heavy atom. The van der Waals surface area contributed by atoms with E-state index in [1.165, 1.54) is 0 Å². The van der Waals surface area contributed by atoms with Gasteiger partial charge in [-0.05, 0) is 24.3 Å². The third kappa shape index (κ3) is 3.17. The van der Waals surface area contributed by atoms with E-state index in [4.69, 9.17) is 9.47 Å². The van der Waals surface area contributed by atoms with Crippen molar-refractivity contribution < 1.29 is 19.1 Å². The van der Waals surface area contributed by atoms with Crippen LogP contribution in [0.5, 0.6) is 11.5 Å². The predicted octanol–water partition coefficient (Wildman–Crippen LogP) is 2.42. The van der Waals surface area contributed by atoms with Crippen molar-refractivity contribution in [3.63, 3.8) is 0 Å². The zero-order chi connectivity index (χ0) is 15.4. The maximum Gasteiger partial charge on any atom is 0.326 e. The predicted molar refractivity (Wildman–Crippen MR) is 80.4 cm³/mol. The largest absolute Gasteiger partial charge is 0.486 e. The van der Waals surface area contributed by atoms with Gasteiger partial charge in [0.15, 0.2) is 11.5 Å². The molecule has 0 aliphatic carbocycles. The average molecular weight is 298 g/mol. The number of hydrogen-bond donors (Lipinski definition) is 2. The van der Waals surface area contributed by atoms with Crippen molar-refractivity contribution in [1.29, 1.82) is 0 Å². The highest BCUT2D eigenvalue weighted by Crippen LogP contribution is 2.32. The van der Waals surface area contributed by atoms with Crippen LogP contribution in [-0.2, 0) is 0 Å². The molecule has 112 valence electrons. The molecule has 3 amide bonds. The Hall–Kier alpha value is -3.02. The molecule has 1 aliphatic heterocycles. The van der Waals surface area contributed by atoms with Crippen LogP contribution in [0.2, 0.25) is 0 Å². The van der Waals surface area contributed by atoms with Crippen LogP contribution >= 0.6 is 0 Å². The SMILES string of the molecule is O=C(NC(=O)c1ccccc1)Nc1ccc2c(c1)OCCO2. The maximum absolute atomic E-state index is 11.9. The number of anilines is 1. The third-order valence-corrected chi connectivity index (χ3v) is 3.06. The Morgan fingerprint density at radius 1 is 0.909 bits per heavy atom. The number of fused-ring (bicyclic) bond motifs is 1. The average Bonchev–Trinajstić information content (AvgIpc) is 2.55. The minimum absolute atomic E-state index is 0.417. The molecule has 0 atom stereocenters. The van der Waals surface area contributed by atoms with Gasteiger partial charge >= 0.3 is 6.03 Å².